The number of carbonyl (C=O) groups is 1. The van der Waals surface area contributed by atoms with Crippen molar-refractivity contribution in [3.05, 3.63) is 35.4 Å². The lowest BCUT2D eigenvalue weighted by molar-refractivity contribution is 0.0884. The molecule has 0 atom stereocenters. The van der Waals surface area contributed by atoms with Gasteiger partial charge >= 0.3 is 0 Å². The molecule has 2 nitrogen and oxygen atoms in total. The summed E-state index contributed by atoms with van der Waals surface area (Å²) in [5, 5.41) is 0. The number of carbonyl (C=O) groups excluding carboxylic acids is 1. The molecular weight excluding hydrogens is 234 g/mol. The second kappa shape index (κ2) is 6.33. The normalized spacial score (nSPS) is 23.6. The van der Waals surface area contributed by atoms with Gasteiger partial charge in [-0.15, -0.1) is 0 Å². The Morgan fingerprint density at radius 2 is 1.95 bits per heavy atom. The van der Waals surface area contributed by atoms with Crippen molar-refractivity contribution in [1.29, 1.82) is 0 Å². The first-order valence-corrected chi connectivity index (χ1v) is 7.45. The summed E-state index contributed by atoms with van der Waals surface area (Å²) in [5.41, 5.74) is 8.06. The summed E-state index contributed by atoms with van der Waals surface area (Å²) in [6, 6.07) is 8.47. The molecule has 1 saturated carbocycles. The van der Waals surface area contributed by atoms with Gasteiger partial charge in [-0.3, -0.25) is 4.79 Å². The van der Waals surface area contributed by atoms with E-state index in [4.69, 9.17) is 5.73 Å². The molecule has 2 rings (SSSR count). The van der Waals surface area contributed by atoms with Gasteiger partial charge in [-0.1, -0.05) is 32.0 Å². The van der Waals surface area contributed by atoms with Crippen LogP contribution >= 0.6 is 0 Å². The third-order valence-corrected chi connectivity index (χ3v) is 4.00. The first-order chi connectivity index (χ1) is 9.06. The molecule has 0 bridgehead atoms. The predicted octanol–water partition coefficient (Wildman–Crippen LogP) is 3.59. The average molecular weight is 259 g/mol. The molecule has 0 amide bonds. The van der Waals surface area contributed by atoms with Gasteiger partial charge in [0.05, 0.1) is 0 Å². The van der Waals surface area contributed by atoms with Crippen LogP contribution in [0, 0.1) is 11.8 Å². The summed E-state index contributed by atoms with van der Waals surface area (Å²) in [5.74, 6) is 1.13. The highest BCUT2D eigenvalue weighted by Gasteiger charge is 2.25. The molecule has 0 unspecified atom stereocenters. The topological polar surface area (TPSA) is 43.1 Å². The third kappa shape index (κ3) is 3.90. The van der Waals surface area contributed by atoms with E-state index in [1.807, 2.05) is 12.1 Å². The maximum atomic E-state index is 12.5. The van der Waals surface area contributed by atoms with Crippen LogP contribution in [0.3, 0.4) is 0 Å². The number of hydrogen-bond donors (Lipinski definition) is 1. The summed E-state index contributed by atoms with van der Waals surface area (Å²) in [7, 11) is 0. The molecule has 0 saturated heterocycles. The first kappa shape index (κ1) is 14.3. The molecule has 0 spiro atoms. The van der Waals surface area contributed by atoms with Crippen molar-refractivity contribution in [3.63, 3.8) is 0 Å². The summed E-state index contributed by atoms with van der Waals surface area (Å²) in [6.45, 7) is 4.41. The SMILES string of the molecule is CC(C)Cc1cccc(C(=O)C2CCC(N)CC2)c1. The fourth-order valence-electron chi connectivity index (χ4n) is 2.94. The molecule has 1 aliphatic rings. The Kier molecular flexibility index (Phi) is 4.76. The number of benzene rings is 1. The van der Waals surface area contributed by atoms with Gasteiger partial charge in [0.25, 0.3) is 0 Å². The molecule has 1 fully saturated rings. The van der Waals surface area contributed by atoms with E-state index in [-0.39, 0.29) is 5.92 Å². The average Bonchev–Trinajstić information content (AvgIpc) is 2.38. The van der Waals surface area contributed by atoms with E-state index in [2.05, 4.69) is 26.0 Å². The lowest BCUT2D eigenvalue weighted by Gasteiger charge is -2.25. The van der Waals surface area contributed by atoms with E-state index >= 15 is 0 Å². The first-order valence-electron chi connectivity index (χ1n) is 7.45. The molecule has 0 aliphatic heterocycles. The van der Waals surface area contributed by atoms with E-state index in [9.17, 15) is 4.79 Å². The fraction of sp³-hybridized carbons (Fsp3) is 0.588. The van der Waals surface area contributed by atoms with Crippen molar-refractivity contribution in [1.82, 2.24) is 0 Å². The molecule has 1 aromatic rings. The Morgan fingerprint density at radius 1 is 1.26 bits per heavy atom. The summed E-state index contributed by atoms with van der Waals surface area (Å²) in [6.07, 6.45) is 4.92. The number of ketones is 1. The van der Waals surface area contributed by atoms with Gasteiger partial charge in [-0.05, 0) is 49.7 Å². The van der Waals surface area contributed by atoms with Crippen LogP contribution in [0.25, 0.3) is 0 Å². The van der Waals surface area contributed by atoms with Crippen LogP contribution in [0.2, 0.25) is 0 Å². The lowest BCUT2D eigenvalue weighted by Crippen LogP contribution is -2.29. The molecule has 2 N–H and O–H groups in total. The third-order valence-electron chi connectivity index (χ3n) is 4.00. The van der Waals surface area contributed by atoms with Gasteiger partial charge in [0.1, 0.15) is 0 Å². The molecule has 0 radical (unpaired) electrons. The van der Waals surface area contributed by atoms with E-state index in [0.717, 1.165) is 37.7 Å². The Bertz CT molecular complexity index is 431. The quantitative estimate of drug-likeness (QED) is 0.840. The largest absolute Gasteiger partial charge is 0.328 e. The van der Waals surface area contributed by atoms with Gasteiger partial charge in [-0.25, -0.2) is 0 Å². The fourth-order valence-corrected chi connectivity index (χ4v) is 2.94. The Morgan fingerprint density at radius 3 is 2.58 bits per heavy atom. The molecule has 0 heterocycles. The number of nitrogens with two attached hydrogens (primary N) is 1. The highest BCUT2D eigenvalue weighted by molar-refractivity contribution is 5.98. The van der Waals surface area contributed by atoms with Crippen molar-refractivity contribution in [2.24, 2.45) is 17.6 Å². The van der Waals surface area contributed by atoms with Crippen LogP contribution < -0.4 is 5.73 Å². The lowest BCUT2D eigenvalue weighted by atomic mass is 9.81. The maximum Gasteiger partial charge on any atom is 0.165 e. The monoisotopic (exact) mass is 259 g/mol. The van der Waals surface area contributed by atoms with E-state index in [0.29, 0.717) is 17.7 Å². The second-order valence-electron chi connectivity index (χ2n) is 6.27. The van der Waals surface area contributed by atoms with Crippen LogP contribution in [0.15, 0.2) is 24.3 Å². The van der Waals surface area contributed by atoms with E-state index in [1.165, 1.54) is 5.56 Å². The van der Waals surface area contributed by atoms with Crippen molar-refractivity contribution in [2.75, 3.05) is 0 Å². The molecular formula is C17H25NO. The Balaban J connectivity index is 2.06. The van der Waals surface area contributed by atoms with Crippen molar-refractivity contribution in [3.8, 4) is 0 Å². The van der Waals surface area contributed by atoms with Crippen molar-refractivity contribution >= 4 is 5.78 Å². The van der Waals surface area contributed by atoms with Gasteiger partial charge in [0, 0.05) is 17.5 Å². The zero-order chi connectivity index (χ0) is 13.8. The predicted molar refractivity (Wildman–Crippen MR) is 79.2 cm³/mol. The second-order valence-corrected chi connectivity index (χ2v) is 6.27. The smallest absolute Gasteiger partial charge is 0.165 e. The number of rotatable bonds is 4. The molecule has 1 aliphatic carbocycles. The van der Waals surface area contributed by atoms with Crippen LogP contribution in [-0.4, -0.2) is 11.8 Å². The summed E-state index contributed by atoms with van der Waals surface area (Å²) in [4.78, 5) is 12.5. The minimum atomic E-state index is 0.189. The highest BCUT2D eigenvalue weighted by Crippen LogP contribution is 2.27. The van der Waals surface area contributed by atoms with Crippen molar-refractivity contribution < 1.29 is 4.79 Å². The van der Waals surface area contributed by atoms with Crippen LogP contribution in [0.1, 0.15) is 55.5 Å². The van der Waals surface area contributed by atoms with Gasteiger partial charge < -0.3 is 5.73 Å². The number of Topliss-reactive ketones (excluding diaryl/α,β-unsaturated/α-hetero) is 1. The van der Waals surface area contributed by atoms with Gasteiger partial charge in [0.15, 0.2) is 5.78 Å². The van der Waals surface area contributed by atoms with Crippen LogP contribution in [0.4, 0.5) is 0 Å². The van der Waals surface area contributed by atoms with Gasteiger partial charge in [0.2, 0.25) is 0 Å². The molecule has 1 aromatic carbocycles. The maximum absolute atomic E-state index is 12.5. The zero-order valence-corrected chi connectivity index (χ0v) is 12.1. The highest BCUT2D eigenvalue weighted by atomic mass is 16.1. The Hall–Kier alpha value is -1.15. The number of hydrogen-bond acceptors (Lipinski definition) is 2. The zero-order valence-electron chi connectivity index (χ0n) is 12.1. The van der Waals surface area contributed by atoms with Crippen LogP contribution in [-0.2, 0) is 6.42 Å². The molecule has 0 aromatic heterocycles. The van der Waals surface area contributed by atoms with E-state index in [1.54, 1.807) is 0 Å². The van der Waals surface area contributed by atoms with Gasteiger partial charge in [-0.2, -0.15) is 0 Å². The standard InChI is InChI=1S/C17H25NO/c1-12(2)10-13-4-3-5-15(11-13)17(19)14-6-8-16(18)9-7-14/h3-5,11-12,14,16H,6-10,18H2,1-2H3. The molecule has 19 heavy (non-hydrogen) atoms. The van der Waals surface area contributed by atoms with E-state index < -0.39 is 0 Å². The van der Waals surface area contributed by atoms with Crippen molar-refractivity contribution in [2.45, 2.75) is 52.0 Å². The minimum absolute atomic E-state index is 0.189. The van der Waals surface area contributed by atoms with Crippen LogP contribution in [0.5, 0.6) is 0 Å². The summed E-state index contributed by atoms with van der Waals surface area (Å²) < 4.78 is 0. The minimum Gasteiger partial charge on any atom is -0.328 e. The molecule has 2 heteroatoms. The summed E-state index contributed by atoms with van der Waals surface area (Å²) >= 11 is 0. The Labute approximate surface area is 116 Å². The molecule has 104 valence electrons.